The number of imidazole rings is 1. The molecule has 3 rings (SSSR count). The van der Waals surface area contributed by atoms with E-state index in [9.17, 15) is 8.42 Å². The van der Waals surface area contributed by atoms with Crippen LogP contribution in [0.3, 0.4) is 0 Å². The smallest absolute Gasteiger partial charge is 0.240 e. The predicted molar refractivity (Wildman–Crippen MR) is 81.9 cm³/mol. The van der Waals surface area contributed by atoms with Crippen molar-refractivity contribution in [2.75, 3.05) is 7.05 Å². The predicted octanol–water partition coefficient (Wildman–Crippen LogP) is 2.25. The Labute approximate surface area is 127 Å². The molecule has 0 aliphatic heterocycles. The van der Waals surface area contributed by atoms with Crippen LogP contribution in [0.1, 0.15) is 25.5 Å². The molecule has 0 spiro atoms. The zero-order chi connectivity index (χ0) is 15.9. The maximum atomic E-state index is 11.9. The minimum absolute atomic E-state index is 0.187. The fraction of sp³-hybridized carbons (Fsp3) is 0.286. The Kier molecular flexibility index (Phi) is 3.50. The Hall–Kier alpha value is -2.19. The summed E-state index contributed by atoms with van der Waals surface area (Å²) in [6, 6.07) is 4.75. The molecule has 7 nitrogen and oxygen atoms in total. The molecule has 0 radical (unpaired) electrons. The third kappa shape index (κ3) is 2.40. The molecule has 0 bridgehead atoms. The van der Waals surface area contributed by atoms with Crippen LogP contribution < -0.4 is 4.72 Å². The number of rotatable bonds is 4. The van der Waals surface area contributed by atoms with E-state index in [2.05, 4.69) is 19.8 Å². The molecule has 8 heteroatoms. The van der Waals surface area contributed by atoms with E-state index >= 15 is 0 Å². The molecule has 0 aliphatic rings. The highest BCUT2D eigenvalue weighted by Crippen LogP contribution is 2.28. The third-order valence-electron chi connectivity index (χ3n) is 3.43. The van der Waals surface area contributed by atoms with Gasteiger partial charge in [-0.1, -0.05) is 19.0 Å². The summed E-state index contributed by atoms with van der Waals surface area (Å²) in [4.78, 5) is 7.79. The van der Waals surface area contributed by atoms with Crippen LogP contribution in [0.5, 0.6) is 0 Å². The summed E-state index contributed by atoms with van der Waals surface area (Å²) in [6.45, 7) is 4.03. The van der Waals surface area contributed by atoms with E-state index in [1.165, 1.54) is 19.4 Å². The highest BCUT2D eigenvalue weighted by Gasteiger charge is 2.18. The number of H-pyrrole nitrogens is 1. The van der Waals surface area contributed by atoms with E-state index in [1.807, 2.05) is 13.8 Å². The number of aromatic nitrogens is 3. The van der Waals surface area contributed by atoms with E-state index < -0.39 is 10.0 Å². The lowest BCUT2D eigenvalue weighted by Crippen LogP contribution is -2.18. The molecule has 0 amide bonds. The van der Waals surface area contributed by atoms with Crippen LogP contribution in [-0.4, -0.2) is 30.6 Å². The summed E-state index contributed by atoms with van der Waals surface area (Å²) in [7, 11) is -2.11. The highest BCUT2D eigenvalue weighted by molar-refractivity contribution is 7.89. The van der Waals surface area contributed by atoms with Gasteiger partial charge in [-0.05, 0) is 31.2 Å². The van der Waals surface area contributed by atoms with Crippen molar-refractivity contribution in [3.05, 3.63) is 30.2 Å². The van der Waals surface area contributed by atoms with Crippen LogP contribution in [0.4, 0.5) is 0 Å². The average molecular weight is 320 g/mol. The molecule has 116 valence electrons. The molecule has 0 saturated heterocycles. The summed E-state index contributed by atoms with van der Waals surface area (Å²) in [5, 5.41) is 3.99. The van der Waals surface area contributed by atoms with Crippen molar-refractivity contribution in [2.45, 2.75) is 24.7 Å². The molecular formula is C14H16N4O3S. The van der Waals surface area contributed by atoms with Crippen molar-refractivity contribution >= 4 is 21.1 Å². The zero-order valence-corrected chi connectivity index (χ0v) is 13.2. The lowest BCUT2D eigenvalue weighted by molar-refractivity contribution is 0.408. The van der Waals surface area contributed by atoms with Gasteiger partial charge in [-0.15, -0.1) is 0 Å². The standard InChI is InChI=1S/C14H16N4O3S/c1-8(2)13-10(7-21-18-13)14-16-11-5-4-9(6-12(11)17-14)22(19,20)15-3/h4-8,15H,1-3H3,(H,16,17). The first-order chi connectivity index (χ1) is 10.4. The van der Waals surface area contributed by atoms with Crippen molar-refractivity contribution in [1.29, 1.82) is 0 Å². The van der Waals surface area contributed by atoms with Crippen molar-refractivity contribution in [3.63, 3.8) is 0 Å². The average Bonchev–Trinajstić information content (AvgIpc) is 3.12. The minimum Gasteiger partial charge on any atom is -0.364 e. The van der Waals surface area contributed by atoms with Gasteiger partial charge in [-0.3, -0.25) is 0 Å². The Bertz CT molecular complexity index is 925. The summed E-state index contributed by atoms with van der Waals surface area (Å²) < 4.78 is 31.0. The molecule has 0 saturated carbocycles. The number of nitrogens with zero attached hydrogens (tertiary/aromatic N) is 2. The van der Waals surface area contributed by atoms with Crippen LogP contribution in [-0.2, 0) is 10.0 Å². The Balaban J connectivity index is 2.13. The van der Waals surface area contributed by atoms with Crippen LogP contribution in [0, 0.1) is 0 Å². The van der Waals surface area contributed by atoms with Crippen LogP contribution in [0.15, 0.2) is 33.9 Å². The maximum absolute atomic E-state index is 11.9. The van der Waals surface area contributed by atoms with Gasteiger partial charge in [0.2, 0.25) is 10.0 Å². The fourth-order valence-corrected chi connectivity index (χ4v) is 3.00. The molecule has 22 heavy (non-hydrogen) atoms. The number of hydrogen-bond donors (Lipinski definition) is 2. The Morgan fingerprint density at radius 3 is 2.77 bits per heavy atom. The van der Waals surface area contributed by atoms with Crippen molar-refractivity contribution in [2.24, 2.45) is 0 Å². The number of hydrogen-bond acceptors (Lipinski definition) is 5. The molecule has 0 unspecified atom stereocenters. The Morgan fingerprint density at radius 2 is 2.09 bits per heavy atom. The number of fused-ring (bicyclic) bond motifs is 1. The zero-order valence-electron chi connectivity index (χ0n) is 12.4. The van der Waals surface area contributed by atoms with Gasteiger partial charge in [0.1, 0.15) is 12.1 Å². The van der Waals surface area contributed by atoms with Gasteiger partial charge in [0.05, 0.1) is 27.2 Å². The highest BCUT2D eigenvalue weighted by atomic mass is 32.2. The summed E-state index contributed by atoms with van der Waals surface area (Å²) in [5.74, 6) is 0.807. The molecule has 0 fully saturated rings. The maximum Gasteiger partial charge on any atom is 0.240 e. The van der Waals surface area contributed by atoms with Crippen molar-refractivity contribution in [3.8, 4) is 11.4 Å². The molecule has 1 aromatic carbocycles. The number of sulfonamides is 1. The lowest BCUT2D eigenvalue weighted by Gasteiger charge is -2.01. The number of aromatic amines is 1. The van der Waals surface area contributed by atoms with Gasteiger partial charge in [-0.2, -0.15) is 0 Å². The fourth-order valence-electron chi connectivity index (χ4n) is 2.24. The normalized spacial score (nSPS) is 12.4. The largest absolute Gasteiger partial charge is 0.364 e. The summed E-state index contributed by atoms with van der Waals surface area (Å²) in [6.07, 6.45) is 1.54. The van der Waals surface area contributed by atoms with Crippen molar-refractivity contribution < 1.29 is 12.9 Å². The monoisotopic (exact) mass is 320 g/mol. The minimum atomic E-state index is -3.48. The van der Waals surface area contributed by atoms with E-state index in [1.54, 1.807) is 12.1 Å². The first kappa shape index (κ1) is 14.7. The van der Waals surface area contributed by atoms with Gasteiger partial charge in [0.15, 0.2) is 0 Å². The number of benzene rings is 1. The first-order valence-electron chi connectivity index (χ1n) is 6.80. The van der Waals surface area contributed by atoms with Gasteiger partial charge >= 0.3 is 0 Å². The van der Waals surface area contributed by atoms with Gasteiger partial charge < -0.3 is 9.51 Å². The second kappa shape index (κ2) is 5.22. The topological polar surface area (TPSA) is 101 Å². The molecular weight excluding hydrogens is 304 g/mol. The second-order valence-electron chi connectivity index (χ2n) is 5.24. The lowest BCUT2D eigenvalue weighted by atomic mass is 10.1. The van der Waals surface area contributed by atoms with Crippen LogP contribution >= 0.6 is 0 Å². The van der Waals surface area contributed by atoms with E-state index in [0.29, 0.717) is 16.9 Å². The molecule has 2 heterocycles. The molecule has 2 aromatic heterocycles. The molecule has 2 N–H and O–H groups in total. The van der Waals surface area contributed by atoms with Gasteiger partial charge in [0, 0.05) is 0 Å². The second-order valence-corrected chi connectivity index (χ2v) is 7.13. The molecule has 0 aliphatic carbocycles. The third-order valence-corrected chi connectivity index (χ3v) is 4.84. The molecule has 0 atom stereocenters. The molecule has 3 aromatic rings. The van der Waals surface area contributed by atoms with Gasteiger partial charge in [0.25, 0.3) is 0 Å². The number of nitrogens with one attached hydrogen (secondary N) is 2. The van der Waals surface area contributed by atoms with E-state index in [-0.39, 0.29) is 10.8 Å². The SMILES string of the molecule is CNS(=O)(=O)c1ccc2nc(-c3conc3C(C)C)[nH]c2c1. The van der Waals surface area contributed by atoms with Crippen LogP contribution in [0.2, 0.25) is 0 Å². The van der Waals surface area contributed by atoms with Crippen molar-refractivity contribution in [1.82, 2.24) is 19.8 Å². The van der Waals surface area contributed by atoms with E-state index in [4.69, 9.17) is 4.52 Å². The van der Waals surface area contributed by atoms with E-state index in [0.717, 1.165) is 11.3 Å². The summed E-state index contributed by atoms with van der Waals surface area (Å²) >= 11 is 0. The quantitative estimate of drug-likeness (QED) is 0.768. The van der Waals surface area contributed by atoms with Gasteiger partial charge in [-0.25, -0.2) is 18.1 Å². The Morgan fingerprint density at radius 1 is 1.32 bits per heavy atom. The van der Waals surface area contributed by atoms with Crippen LogP contribution in [0.25, 0.3) is 22.4 Å². The first-order valence-corrected chi connectivity index (χ1v) is 8.28. The summed E-state index contributed by atoms with van der Waals surface area (Å²) in [5.41, 5.74) is 2.91.